The number of rotatable bonds is 4. The first-order valence-corrected chi connectivity index (χ1v) is 8.23. The van der Waals surface area contributed by atoms with E-state index in [2.05, 4.69) is 15.4 Å². The molecule has 2 heterocycles. The average molecular weight is 352 g/mol. The molecule has 1 atom stereocenters. The molecular formula is C19H20N4O3. The molecule has 2 aromatic heterocycles. The Morgan fingerprint density at radius 3 is 2.46 bits per heavy atom. The number of carboxylic acid groups (broad SMARTS) is 1. The van der Waals surface area contributed by atoms with Crippen LogP contribution in [0.25, 0.3) is 11.0 Å². The van der Waals surface area contributed by atoms with Crippen molar-refractivity contribution in [1.29, 1.82) is 0 Å². The molecule has 3 rings (SSSR count). The highest BCUT2D eigenvalue weighted by atomic mass is 16.4. The number of carboxylic acids is 1. The first kappa shape index (κ1) is 17.6. The lowest BCUT2D eigenvalue weighted by Gasteiger charge is -2.10. The van der Waals surface area contributed by atoms with E-state index in [1.165, 1.54) is 0 Å². The molecule has 3 aromatic rings. The van der Waals surface area contributed by atoms with Crippen molar-refractivity contribution < 1.29 is 14.7 Å². The van der Waals surface area contributed by atoms with Crippen LogP contribution in [0.3, 0.4) is 0 Å². The van der Waals surface area contributed by atoms with E-state index in [9.17, 15) is 9.59 Å². The van der Waals surface area contributed by atoms with Gasteiger partial charge >= 0.3 is 5.97 Å². The Hall–Kier alpha value is -3.22. The van der Waals surface area contributed by atoms with Crippen LogP contribution >= 0.6 is 0 Å². The van der Waals surface area contributed by atoms with Crippen LogP contribution in [-0.4, -0.2) is 31.7 Å². The largest absolute Gasteiger partial charge is 0.481 e. The minimum atomic E-state index is -0.886. The van der Waals surface area contributed by atoms with Gasteiger partial charge in [-0.2, -0.15) is 5.10 Å². The summed E-state index contributed by atoms with van der Waals surface area (Å²) in [5.41, 5.74) is 3.93. The fraction of sp³-hybridized carbons (Fsp3) is 0.263. The van der Waals surface area contributed by atoms with Gasteiger partial charge in [-0.25, -0.2) is 4.98 Å². The van der Waals surface area contributed by atoms with E-state index in [0.29, 0.717) is 22.5 Å². The molecule has 0 aliphatic carbocycles. The van der Waals surface area contributed by atoms with Gasteiger partial charge in [0.1, 0.15) is 0 Å². The van der Waals surface area contributed by atoms with Crippen molar-refractivity contribution in [2.75, 3.05) is 5.32 Å². The van der Waals surface area contributed by atoms with Gasteiger partial charge in [0, 0.05) is 18.4 Å². The topological polar surface area (TPSA) is 97.1 Å². The second-order valence-electron chi connectivity index (χ2n) is 6.35. The average Bonchev–Trinajstić information content (AvgIpc) is 2.88. The number of aliphatic carboxylic acids is 1. The van der Waals surface area contributed by atoms with Crippen molar-refractivity contribution in [3.8, 4) is 0 Å². The lowest BCUT2D eigenvalue weighted by molar-refractivity contribution is -0.138. The number of aromatic nitrogens is 3. The lowest BCUT2D eigenvalue weighted by atomic mass is 10.0. The van der Waals surface area contributed by atoms with E-state index in [1.54, 1.807) is 49.0 Å². The number of fused-ring (bicyclic) bond motifs is 1. The van der Waals surface area contributed by atoms with Gasteiger partial charge < -0.3 is 10.4 Å². The number of amides is 1. The van der Waals surface area contributed by atoms with Gasteiger partial charge in [0.05, 0.1) is 22.6 Å². The molecule has 0 bridgehead atoms. The highest BCUT2D eigenvalue weighted by Crippen LogP contribution is 2.23. The van der Waals surface area contributed by atoms with Gasteiger partial charge in [-0.15, -0.1) is 0 Å². The summed E-state index contributed by atoms with van der Waals surface area (Å²) in [5, 5.41) is 17.0. The Morgan fingerprint density at radius 1 is 1.19 bits per heavy atom. The Morgan fingerprint density at radius 2 is 1.85 bits per heavy atom. The number of carbonyl (C=O) groups excluding carboxylic acids is 1. The van der Waals surface area contributed by atoms with E-state index in [1.807, 2.05) is 13.8 Å². The Balaban J connectivity index is 1.91. The van der Waals surface area contributed by atoms with Crippen molar-refractivity contribution in [1.82, 2.24) is 14.8 Å². The highest BCUT2D eigenvalue weighted by molar-refractivity contribution is 6.12. The van der Waals surface area contributed by atoms with E-state index < -0.39 is 11.9 Å². The molecule has 0 aliphatic heterocycles. The van der Waals surface area contributed by atoms with Crippen LogP contribution in [0.15, 0.2) is 30.3 Å². The summed E-state index contributed by atoms with van der Waals surface area (Å²) in [6, 6.07) is 8.56. The minimum absolute atomic E-state index is 0.254. The fourth-order valence-corrected chi connectivity index (χ4v) is 2.95. The number of aryl methyl sites for hydroxylation is 3. The summed E-state index contributed by atoms with van der Waals surface area (Å²) >= 11 is 0. The number of anilines is 1. The van der Waals surface area contributed by atoms with Crippen LogP contribution in [0.2, 0.25) is 0 Å². The highest BCUT2D eigenvalue weighted by Gasteiger charge is 2.18. The van der Waals surface area contributed by atoms with Crippen LogP contribution < -0.4 is 5.32 Å². The van der Waals surface area contributed by atoms with E-state index in [0.717, 1.165) is 16.8 Å². The van der Waals surface area contributed by atoms with Gasteiger partial charge in [-0.1, -0.05) is 12.1 Å². The normalized spacial score (nSPS) is 12.2. The van der Waals surface area contributed by atoms with Crippen molar-refractivity contribution in [3.63, 3.8) is 0 Å². The van der Waals surface area contributed by atoms with Crippen molar-refractivity contribution in [2.24, 2.45) is 7.05 Å². The summed E-state index contributed by atoms with van der Waals surface area (Å²) in [5.74, 6) is -1.74. The summed E-state index contributed by atoms with van der Waals surface area (Å²) in [6.45, 7) is 5.30. The maximum atomic E-state index is 12.8. The molecule has 1 unspecified atom stereocenters. The molecule has 26 heavy (non-hydrogen) atoms. The van der Waals surface area contributed by atoms with Crippen LogP contribution in [0.4, 0.5) is 5.69 Å². The summed E-state index contributed by atoms with van der Waals surface area (Å²) in [4.78, 5) is 28.3. The van der Waals surface area contributed by atoms with Gasteiger partial charge in [-0.05, 0) is 44.5 Å². The van der Waals surface area contributed by atoms with Crippen LogP contribution in [0, 0.1) is 13.8 Å². The minimum Gasteiger partial charge on any atom is -0.481 e. The van der Waals surface area contributed by atoms with Gasteiger partial charge in [0.15, 0.2) is 5.65 Å². The molecule has 0 saturated carbocycles. The summed E-state index contributed by atoms with van der Waals surface area (Å²) in [6.07, 6.45) is 0. The van der Waals surface area contributed by atoms with Gasteiger partial charge in [-0.3, -0.25) is 14.3 Å². The maximum absolute atomic E-state index is 12.8. The molecule has 0 aliphatic rings. The third-order valence-corrected chi connectivity index (χ3v) is 4.38. The zero-order chi connectivity index (χ0) is 19.0. The maximum Gasteiger partial charge on any atom is 0.310 e. The number of nitrogens with one attached hydrogen (secondary N) is 1. The first-order valence-electron chi connectivity index (χ1n) is 8.23. The number of nitrogens with zero attached hydrogens (tertiary/aromatic N) is 3. The fourth-order valence-electron chi connectivity index (χ4n) is 2.95. The van der Waals surface area contributed by atoms with E-state index in [4.69, 9.17) is 5.11 Å². The lowest BCUT2D eigenvalue weighted by Crippen LogP contribution is -2.14. The third-order valence-electron chi connectivity index (χ3n) is 4.38. The Kier molecular flexibility index (Phi) is 4.46. The second-order valence-corrected chi connectivity index (χ2v) is 6.35. The SMILES string of the molecule is Cc1cc(C(=O)Nc2ccc(C(C)C(=O)O)cc2)c2c(C)nn(C)c2n1. The number of benzene rings is 1. The third kappa shape index (κ3) is 3.15. The van der Waals surface area contributed by atoms with Gasteiger partial charge in [0.25, 0.3) is 5.91 Å². The van der Waals surface area contributed by atoms with Crippen molar-refractivity contribution in [2.45, 2.75) is 26.7 Å². The summed E-state index contributed by atoms with van der Waals surface area (Å²) < 4.78 is 1.66. The zero-order valence-corrected chi connectivity index (χ0v) is 15.1. The number of hydrogen-bond donors (Lipinski definition) is 2. The second kappa shape index (κ2) is 6.59. The predicted octanol–water partition coefficient (Wildman–Crippen LogP) is 3.03. The Bertz CT molecular complexity index is 1010. The number of hydrogen-bond acceptors (Lipinski definition) is 4. The Labute approximate surface area is 150 Å². The summed E-state index contributed by atoms with van der Waals surface area (Å²) in [7, 11) is 1.80. The van der Waals surface area contributed by atoms with Crippen LogP contribution in [0.5, 0.6) is 0 Å². The van der Waals surface area contributed by atoms with Crippen molar-refractivity contribution >= 4 is 28.6 Å². The molecule has 1 aromatic carbocycles. The van der Waals surface area contributed by atoms with E-state index in [-0.39, 0.29) is 5.91 Å². The monoisotopic (exact) mass is 352 g/mol. The molecule has 134 valence electrons. The number of pyridine rings is 1. The van der Waals surface area contributed by atoms with E-state index >= 15 is 0 Å². The molecular weight excluding hydrogens is 332 g/mol. The molecule has 0 fully saturated rings. The van der Waals surface area contributed by atoms with Crippen molar-refractivity contribution in [3.05, 3.63) is 52.8 Å². The van der Waals surface area contributed by atoms with Gasteiger partial charge in [0.2, 0.25) is 0 Å². The predicted molar refractivity (Wildman–Crippen MR) is 98.4 cm³/mol. The molecule has 0 spiro atoms. The first-order chi connectivity index (χ1) is 12.3. The standard InChI is InChI=1S/C19H20N4O3/c1-10-9-15(16-12(3)22-23(4)17(16)20-10)18(24)21-14-7-5-13(6-8-14)11(2)19(25)26/h5-9,11H,1-4H3,(H,21,24)(H,25,26). The molecule has 7 heteroatoms. The molecule has 0 radical (unpaired) electrons. The molecule has 7 nitrogen and oxygen atoms in total. The van der Waals surface area contributed by atoms with Crippen LogP contribution in [-0.2, 0) is 11.8 Å². The smallest absolute Gasteiger partial charge is 0.310 e. The number of carbonyl (C=O) groups is 2. The molecule has 2 N–H and O–H groups in total. The zero-order valence-electron chi connectivity index (χ0n) is 15.1. The molecule has 0 saturated heterocycles. The van der Waals surface area contributed by atoms with Crippen LogP contribution in [0.1, 0.15) is 40.2 Å². The quantitative estimate of drug-likeness (QED) is 0.752. The molecule has 1 amide bonds.